The number of benzene rings is 1. The second kappa shape index (κ2) is 14.3. The normalized spacial score (nSPS) is 12.6. The number of carbonyl (C=O) groups excluding carboxylic acids is 1. The lowest BCUT2D eigenvalue weighted by Gasteiger charge is -2.27. The molecule has 0 radical (unpaired) electrons. The van der Waals surface area contributed by atoms with Crippen LogP contribution in [-0.2, 0) is 43.3 Å². The van der Waals surface area contributed by atoms with Crippen LogP contribution in [0, 0.1) is 0 Å². The van der Waals surface area contributed by atoms with E-state index in [-0.39, 0.29) is 0 Å². The number of allylic oxidation sites excluding steroid dienone is 1. The molecule has 2 aromatic rings. The van der Waals surface area contributed by atoms with Gasteiger partial charge in [0, 0.05) is 11.6 Å². The van der Waals surface area contributed by atoms with Gasteiger partial charge in [-0.1, -0.05) is 43.7 Å². The van der Waals surface area contributed by atoms with Crippen molar-refractivity contribution < 1.29 is 57.3 Å². The number of pyridine rings is 1. The molecule has 9 nitrogen and oxygen atoms in total. The zero-order valence-corrected chi connectivity index (χ0v) is 24.7. The highest BCUT2D eigenvalue weighted by Gasteiger charge is 2.47. The fourth-order valence-corrected chi connectivity index (χ4v) is 4.86. The first-order valence-electron chi connectivity index (χ1n) is 12.1. The number of carbonyl (C=O) groups is 1. The summed E-state index contributed by atoms with van der Waals surface area (Å²) in [6.07, 6.45) is 5.86. The maximum Gasteiger partial charge on any atom is 0.480 e. The van der Waals surface area contributed by atoms with Gasteiger partial charge in [-0.15, -0.1) is 0 Å². The Hall–Kier alpha value is -3.18. The molecule has 0 unspecified atom stereocenters. The Balaban J connectivity index is 0.000000501. The molecule has 0 saturated carbocycles. The van der Waals surface area contributed by atoms with Crippen LogP contribution in [-0.4, -0.2) is 40.6 Å². The van der Waals surface area contributed by atoms with E-state index in [1.165, 1.54) is 5.56 Å². The van der Waals surface area contributed by atoms with Crippen molar-refractivity contribution in [1.82, 2.24) is 5.32 Å². The van der Waals surface area contributed by atoms with Gasteiger partial charge in [-0.3, -0.25) is 0 Å². The second-order valence-corrected chi connectivity index (χ2v) is 12.8. The maximum atomic E-state index is 12.3. The number of nitrogens with zero attached hydrogens (tertiary/aromatic N) is 2. The van der Waals surface area contributed by atoms with E-state index in [4.69, 9.17) is 4.74 Å². The number of aryl methyl sites for hydroxylation is 1. The number of alkyl halides is 6. The van der Waals surface area contributed by atoms with Crippen LogP contribution < -0.4 is 9.88 Å². The SMILES string of the molecule is C=C(C)c1cccc(C(C)(C)NC(=O)OCC[n+]2cccc(CCC)c2)c1.O=S(=O)([N-]S(=O)(=O)C(F)(F)F)C(F)(F)F. The minimum atomic E-state index is -6.72. The van der Waals surface area contributed by atoms with Crippen LogP contribution in [0.3, 0.4) is 0 Å². The number of ether oxygens (including phenoxy) is 1. The summed E-state index contributed by atoms with van der Waals surface area (Å²) < 4.78 is 117. The average Bonchev–Trinajstić information content (AvgIpc) is 2.83. The molecule has 2 rings (SSSR count). The predicted molar refractivity (Wildman–Crippen MR) is 143 cm³/mol. The van der Waals surface area contributed by atoms with Gasteiger partial charge >= 0.3 is 17.1 Å². The number of hydrogen-bond donors (Lipinski definition) is 1. The molecular weight excluding hydrogens is 616 g/mol. The van der Waals surface area contributed by atoms with Crippen LogP contribution in [0.1, 0.15) is 50.8 Å². The minimum absolute atomic E-state index is 0.327. The summed E-state index contributed by atoms with van der Waals surface area (Å²) >= 11 is 0. The third-order valence-corrected chi connectivity index (χ3v) is 8.05. The van der Waals surface area contributed by atoms with Crippen LogP contribution in [0.4, 0.5) is 31.1 Å². The fourth-order valence-electron chi connectivity index (χ4n) is 3.15. The van der Waals surface area contributed by atoms with Gasteiger partial charge in [0.15, 0.2) is 45.6 Å². The number of rotatable bonds is 10. The number of sulfonamides is 2. The summed E-state index contributed by atoms with van der Waals surface area (Å²) in [5.74, 6) is 0. The fraction of sp³-hybridized carbons (Fsp3) is 0.440. The predicted octanol–water partition coefficient (Wildman–Crippen LogP) is 5.68. The molecule has 0 spiro atoms. The highest BCUT2D eigenvalue weighted by atomic mass is 32.3. The lowest BCUT2D eigenvalue weighted by atomic mass is 9.92. The van der Waals surface area contributed by atoms with Gasteiger partial charge in [-0.2, -0.15) is 26.3 Å². The summed E-state index contributed by atoms with van der Waals surface area (Å²) in [7, 11) is -13.4. The van der Waals surface area contributed by atoms with Crippen LogP contribution in [0.5, 0.6) is 0 Å². The van der Waals surface area contributed by atoms with Crippen LogP contribution >= 0.6 is 0 Å². The van der Waals surface area contributed by atoms with Crippen molar-refractivity contribution in [2.75, 3.05) is 6.61 Å². The number of nitrogens with one attached hydrogen (secondary N) is 1. The van der Waals surface area contributed by atoms with E-state index in [1.54, 1.807) is 0 Å². The van der Waals surface area contributed by atoms with Gasteiger partial charge in [0.2, 0.25) is 0 Å². The highest BCUT2D eigenvalue weighted by Crippen LogP contribution is 2.36. The molecule has 1 aromatic carbocycles. The molecule has 0 aliphatic carbocycles. The quantitative estimate of drug-likeness (QED) is 0.261. The topological polar surface area (TPSA) is 125 Å². The lowest BCUT2D eigenvalue weighted by Crippen LogP contribution is -2.43. The molecule has 0 aliphatic rings. The standard InChI is InChI=1S/C23H30N2O2.C2F6NO4S2/c1-6-9-19-10-8-13-25(17-19)14-15-27-22(26)24-23(4,5)21-12-7-11-20(16-21)18(2)3;3-1(4,5)14(10,11)9-15(12,13)2(6,7)8/h7-8,10-13,16-17H,2,6,9,14-15H2,1,3-5H3;/q;-1/p+1. The Labute approximate surface area is 240 Å². The third kappa shape index (κ3) is 11.2. The first kappa shape index (κ1) is 36.8. The van der Waals surface area contributed by atoms with Gasteiger partial charge in [0.1, 0.15) is 0 Å². The number of hydrogen-bond acceptors (Lipinski definition) is 6. The monoisotopic (exact) mass is 647 g/mol. The summed E-state index contributed by atoms with van der Waals surface area (Å²) in [6.45, 7) is 13.0. The molecule has 236 valence electrons. The van der Waals surface area contributed by atoms with Crippen LogP contribution in [0.15, 0.2) is 55.4 Å². The molecule has 0 aliphatic heterocycles. The molecule has 0 fully saturated rings. The molecule has 1 aromatic heterocycles. The Kier molecular flexibility index (Phi) is 12.6. The summed E-state index contributed by atoms with van der Waals surface area (Å²) in [5.41, 5.74) is -8.56. The van der Waals surface area contributed by atoms with Gasteiger partial charge < -0.3 is 14.2 Å². The largest absolute Gasteiger partial charge is 0.480 e. The Morgan fingerprint density at radius 2 is 1.57 bits per heavy atom. The van der Waals surface area contributed by atoms with Crippen molar-refractivity contribution in [3.05, 3.63) is 76.2 Å². The molecule has 0 atom stereocenters. The van der Waals surface area contributed by atoms with Crippen molar-refractivity contribution in [1.29, 1.82) is 0 Å². The molecule has 1 amide bonds. The number of alkyl carbamates (subject to hydrolysis) is 1. The van der Waals surface area contributed by atoms with Crippen molar-refractivity contribution in [3.63, 3.8) is 0 Å². The van der Waals surface area contributed by atoms with Crippen molar-refractivity contribution in [2.45, 2.75) is 63.6 Å². The average molecular weight is 648 g/mol. The zero-order chi connectivity index (χ0) is 32.6. The first-order valence-corrected chi connectivity index (χ1v) is 15.0. The number of halogens is 6. The van der Waals surface area contributed by atoms with E-state index in [0.717, 1.165) is 33.7 Å². The molecule has 1 heterocycles. The Bertz CT molecular complexity index is 1420. The van der Waals surface area contributed by atoms with E-state index in [2.05, 4.69) is 41.7 Å². The summed E-state index contributed by atoms with van der Waals surface area (Å²) in [6, 6.07) is 12.2. The van der Waals surface area contributed by atoms with Gasteiger partial charge in [0.05, 0.1) is 5.54 Å². The molecule has 1 N–H and O–H groups in total. The molecule has 0 bridgehead atoms. The number of aromatic nitrogens is 1. The second-order valence-electron chi connectivity index (χ2n) is 9.36. The van der Waals surface area contributed by atoms with E-state index < -0.39 is 42.7 Å². The van der Waals surface area contributed by atoms with Crippen molar-refractivity contribution in [3.8, 4) is 0 Å². The third-order valence-electron chi connectivity index (χ3n) is 5.31. The molecule has 17 heteroatoms. The van der Waals surface area contributed by atoms with E-state index in [1.807, 2.05) is 51.2 Å². The van der Waals surface area contributed by atoms with Gasteiger partial charge in [0.25, 0.3) is 0 Å². The van der Waals surface area contributed by atoms with Gasteiger partial charge in [-0.05, 0) is 50.5 Å². The van der Waals surface area contributed by atoms with Crippen LogP contribution in [0.2, 0.25) is 0 Å². The van der Waals surface area contributed by atoms with Crippen LogP contribution in [0.25, 0.3) is 9.70 Å². The van der Waals surface area contributed by atoms with E-state index in [9.17, 15) is 48.0 Å². The number of amides is 1. The van der Waals surface area contributed by atoms with Crippen molar-refractivity contribution >= 4 is 31.7 Å². The minimum Gasteiger partial charge on any atom is -0.443 e. The molecular formula is C25H31F6N3O6S2. The lowest BCUT2D eigenvalue weighted by molar-refractivity contribution is -0.698. The maximum absolute atomic E-state index is 12.3. The summed E-state index contributed by atoms with van der Waals surface area (Å²) in [4.78, 5) is 12.3. The zero-order valence-electron chi connectivity index (χ0n) is 23.1. The smallest absolute Gasteiger partial charge is 0.443 e. The van der Waals surface area contributed by atoms with E-state index >= 15 is 0 Å². The molecule has 0 saturated heterocycles. The Morgan fingerprint density at radius 1 is 1.00 bits per heavy atom. The van der Waals surface area contributed by atoms with E-state index in [0.29, 0.717) is 13.2 Å². The summed E-state index contributed by atoms with van der Waals surface area (Å²) in [5, 5.41) is 2.96. The van der Waals surface area contributed by atoms with Crippen molar-refractivity contribution in [2.24, 2.45) is 0 Å². The molecule has 42 heavy (non-hydrogen) atoms. The highest BCUT2D eigenvalue weighted by molar-refractivity contribution is 8.13. The first-order chi connectivity index (χ1) is 19.0. The Morgan fingerprint density at radius 3 is 2.07 bits per heavy atom. The van der Waals surface area contributed by atoms with Gasteiger partial charge in [-0.25, -0.2) is 26.2 Å².